The van der Waals surface area contributed by atoms with Crippen LogP contribution >= 0.6 is 11.8 Å². The summed E-state index contributed by atoms with van der Waals surface area (Å²) in [5.41, 5.74) is 2.14. The molecule has 0 aromatic rings. The standard InChI is InChI=1S/C10H18N2OS/c1-8(9-6-11-7-9)10(13)12-4-3-5-14-2/h11H,3-7H2,1-2H3,(H,12,13). The van der Waals surface area contributed by atoms with E-state index in [9.17, 15) is 4.79 Å². The van der Waals surface area contributed by atoms with Gasteiger partial charge in [0.05, 0.1) is 0 Å². The molecule has 1 fully saturated rings. The Morgan fingerprint density at radius 1 is 1.57 bits per heavy atom. The van der Waals surface area contributed by atoms with Crippen molar-refractivity contribution in [3.8, 4) is 0 Å². The molecule has 1 saturated heterocycles. The molecule has 1 amide bonds. The van der Waals surface area contributed by atoms with Crippen LogP contribution in [0.25, 0.3) is 0 Å². The summed E-state index contributed by atoms with van der Waals surface area (Å²) >= 11 is 1.81. The fourth-order valence-electron chi connectivity index (χ4n) is 1.23. The predicted molar refractivity (Wildman–Crippen MR) is 61.6 cm³/mol. The van der Waals surface area contributed by atoms with Crippen molar-refractivity contribution in [3.63, 3.8) is 0 Å². The van der Waals surface area contributed by atoms with Gasteiger partial charge in [-0.2, -0.15) is 11.8 Å². The number of rotatable bonds is 5. The molecule has 1 heterocycles. The van der Waals surface area contributed by atoms with Crippen LogP contribution in [0, 0.1) is 0 Å². The van der Waals surface area contributed by atoms with Crippen LogP contribution in [0.1, 0.15) is 13.3 Å². The van der Waals surface area contributed by atoms with E-state index in [1.54, 1.807) is 0 Å². The van der Waals surface area contributed by atoms with Gasteiger partial charge in [0, 0.05) is 25.2 Å². The lowest BCUT2D eigenvalue weighted by Crippen LogP contribution is -2.37. The Labute approximate surface area is 89.7 Å². The number of thioether (sulfide) groups is 1. The Hall–Kier alpha value is -0.480. The number of hydrogen-bond donors (Lipinski definition) is 2. The van der Waals surface area contributed by atoms with Gasteiger partial charge in [0.15, 0.2) is 0 Å². The van der Waals surface area contributed by atoms with Crippen molar-refractivity contribution in [3.05, 3.63) is 11.1 Å². The van der Waals surface area contributed by atoms with Crippen LogP contribution in [0.4, 0.5) is 0 Å². The molecule has 0 bridgehead atoms. The molecule has 0 radical (unpaired) electrons. The molecule has 1 rings (SSSR count). The fourth-order valence-corrected chi connectivity index (χ4v) is 1.66. The third kappa shape index (κ3) is 3.35. The Kier molecular flexibility index (Phi) is 5.04. The zero-order chi connectivity index (χ0) is 10.4. The normalized spacial score (nSPS) is 14.9. The van der Waals surface area contributed by atoms with E-state index in [2.05, 4.69) is 16.9 Å². The first-order chi connectivity index (χ1) is 6.75. The number of hydrogen-bond acceptors (Lipinski definition) is 3. The second kappa shape index (κ2) is 6.09. The van der Waals surface area contributed by atoms with Crippen LogP contribution < -0.4 is 10.6 Å². The molecule has 0 aliphatic carbocycles. The molecule has 2 N–H and O–H groups in total. The fraction of sp³-hybridized carbons (Fsp3) is 0.700. The quantitative estimate of drug-likeness (QED) is 0.525. The molecule has 0 spiro atoms. The third-order valence-electron chi connectivity index (χ3n) is 2.36. The first-order valence-corrected chi connectivity index (χ1v) is 6.31. The Morgan fingerprint density at radius 2 is 2.29 bits per heavy atom. The number of carbonyl (C=O) groups is 1. The smallest absolute Gasteiger partial charge is 0.246 e. The van der Waals surface area contributed by atoms with Crippen LogP contribution in [0.2, 0.25) is 0 Å². The zero-order valence-electron chi connectivity index (χ0n) is 8.85. The van der Waals surface area contributed by atoms with Gasteiger partial charge in [0.25, 0.3) is 0 Å². The molecule has 1 aliphatic rings. The van der Waals surface area contributed by atoms with Crippen LogP contribution in [0.5, 0.6) is 0 Å². The monoisotopic (exact) mass is 214 g/mol. The van der Waals surface area contributed by atoms with Gasteiger partial charge in [-0.15, -0.1) is 0 Å². The van der Waals surface area contributed by atoms with Crippen molar-refractivity contribution >= 4 is 17.7 Å². The molecule has 1 aliphatic heterocycles. The van der Waals surface area contributed by atoms with Gasteiger partial charge in [-0.25, -0.2) is 0 Å². The largest absolute Gasteiger partial charge is 0.352 e. The first kappa shape index (κ1) is 11.6. The SMILES string of the molecule is CSCCCNC(=O)C(C)=C1CNC1. The average Bonchev–Trinajstić information content (AvgIpc) is 2.09. The minimum Gasteiger partial charge on any atom is -0.352 e. The topological polar surface area (TPSA) is 41.1 Å². The zero-order valence-corrected chi connectivity index (χ0v) is 9.67. The van der Waals surface area contributed by atoms with Crippen molar-refractivity contribution in [1.29, 1.82) is 0 Å². The molecule has 0 aromatic carbocycles. The maximum atomic E-state index is 11.5. The van der Waals surface area contributed by atoms with E-state index >= 15 is 0 Å². The van der Waals surface area contributed by atoms with E-state index in [1.165, 1.54) is 5.57 Å². The van der Waals surface area contributed by atoms with Crippen molar-refractivity contribution in [2.24, 2.45) is 0 Å². The molecular weight excluding hydrogens is 196 g/mol. The summed E-state index contributed by atoms with van der Waals surface area (Å²) in [6.07, 6.45) is 3.13. The van der Waals surface area contributed by atoms with Crippen LogP contribution in [0.3, 0.4) is 0 Å². The van der Waals surface area contributed by atoms with Crippen LogP contribution in [-0.4, -0.2) is 37.6 Å². The van der Waals surface area contributed by atoms with Gasteiger partial charge < -0.3 is 10.6 Å². The molecule has 4 heteroatoms. The van der Waals surface area contributed by atoms with Crippen LogP contribution in [0.15, 0.2) is 11.1 Å². The van der Waals surface area contributed by atoms with E-state index in [0.717, 1.165) is 37.4 Å². The van der Waals surface area contributed by atoms with E-state index in [4.69, 9.17) is 0 Å². The number of amides is 1. The summed E-state index contributed by atoms with van der Waals surface area (Å²) < 4.78 is 0. The first-order valence-electron chi connectivity index (χ1n) is 4.92. The second-order valence-electron chi connectivity index (χ2n) is 3.43. The van der Waals surface area contributed by atoms with Crippen LogP contribution in [-0.2, 0) is 4.79 Å². The van der Waals surface area contributed by atoms with Gasteiger partial charge in [-0.3, -0.25) is 4.79 Å². The van der Waals surface area contributed by atoms with Crippen molar-refractivity contribution in [1.82, 2.24) is 10.6 Å². The highest BCUT2D eigenvalue weighted by atomic mass is 32.2. The summed E-state index contributed by atoms with van der Waals surface area (Å²) in [5.74, 6) is 1.21. The third-order valence-corrected chi connectivity index (χ3v) is 3.06. The highest BCUT2D eigenvalue weighted by molar-refractivity contribution is 7.98. The predicted octanol–water partition coefficient (Wildman–Crippen LogP) is 0.775. The van der Waals surface area contributed by atoms with E-state index in [0.29, 0.717) is 0 Å². The molecule has 0 saturated carbocycles. The Bertz CT molecular complexity index is 232. The summed E-state index contributed by atoms with van der Waals surface area (Å²) in [4.78, 5) is 11.5. The van der Waals surface area contributed by atoms with Crippen molar-refractivity contribution in [2.45, 2.75) is 13.3 Å². The summed E-state index contributed by atoms with van der Waals surface area (Å²) in [6.45, 7) is 4.45. The Balaban J connectivity index is 2.21. The van der Waals surface area contributed by atoms with E-state index in [1.807, 2.05) is 18.7 Å². The minimum atomic E-state index is 0.0996. The molecule has 0 atom stereocenters. The van der Waals surface area contributed by atoms with Gasteiger partial charge in [-0.05, 0) is 30.9 Å². The van der Waals surface area contributed by atoms with Gasteiger partial charge in [0.2, 0.25) is 5.91 Å². The molecule has 0 aromatic heterocycles. The maximum absolute atomic E-state index is 11.5. The van der Waals surface area contributed by atoms with Gasteiger partial charge >= 0.3 is 0 Å². The van der Waals surface area contributed by atoms with Gasteiger partial charge in [-0.1, -0.05) is 0 Å². The highest BCUT2D eigenvalue weighted by Crippen LogP contribution is 2.08. The second-order valence-corrected chi connectivity index (χ2v) is 4.42. The summed E-state index contributed by atoms with van der Waals surface area (Å²) in [6, 6.07) is 0. The number of nitrogens with one attached hydrogen (secondary N) is 2. The van der Waals surface area contributed by atoms with Gasteiger partial charge in [0.1, 0.15) is 0 Å². The molecule has 0 unspecified atom stereocenters. The highest BCUT2D eigenvalue weighted by Gasteiger charge is 2.15. The molecule has 3 nitrogen and oxygen atoms in total. The molecule has 14 heavy (non-hydrogen) atoms. The number of carbonyl (C=O) groups excluding carboxylic acids is 1. The lowest BCUT2D eigenvalue weighted by Gasteiger charge is -2.21. The Morgan fingerprint density at radius 3 is 2.79 bits per heavy atom. The van der Waals surface area contributed by atoms with E-state index < -0.39 is 0 Å². The summed E-state index contributed by atoms with van der Waals surface area (Å²) in [7, 11) is 0. The lowest BCUT2D eigenvalue weighted by molar-refractivity contribution is -0.117. The maximum Gasteiger partial charge on any atom is 0.246 e. The van der Waals surface area contributed by atoms with Crippen molar-refractivity contribution < 1.29 is 4.79 Å². The lowest BCUT2D eigenvalue weighted by atomic mass is 10.0. The summed E-state index contributed by atoms with van der Waals surface area (Å²) in [5, 5.41) is 6.06. The minimum absolute atomic E-state index is 0.0996. The van der Waals surface area contributed by atoms with Crippen molar-refractivity contribution in [2.75, 3.05) is 31.6 Å². The average molecular weight is 214 g/mol. The molecular formula is C10H18N2OS. The molecule has 80 valence electrons. The van der Waals surface area contributed by atoms with E-state index in [-0.39, 0.29) is 5.91 Å².